The first-order valence-electron chi connectivity index (χ1n) is 15.2. The van der Waals surface area contributed by atoms with Gasteiger partial charge in [-0.15, -0.1) is 11.8 Å². The molecule has 3 amide bonds. The first kappa shape index (κ1) is 32.5. The molecule has 6 aromatic carbocycles. The van der Waals surface area contributed by atoms with Gasteiger partial charge in [-0.3, -0.25) is 14.4 Å². The van der Waals surface area contributed by atoms with Crippen molar-refractivity contribution in [3.8, 4) is 0 Å². The summed E-state index contributed by atoms with van der Waals surface area (Å²) in [6.07, 6.45) is 1.69. The Labute approximate surface area is 291 Å². The lowest BCUT2D eigenvalue weighted by atomic mass is 10.0. The number of fused-ring (bicyclic) bond motifs is 1. The molecule has 0 saturated heterocycles. The molecule has 1 unspecified atom stereocenters. The van der Waals surface area contributed by atoms with Gasteiger partial charge in [-0.05, 0) is 86.4 Å². The summed E-state index contributed by atoms with van der Waals surface area (Å²) in [5.41, 5.74) is 3.34. The maximum absolute atomic E-state index is 13.8. The van der Waals surface area contributed by atoms with Crippen LogP contribution in [0.4, 0.5) is 11.4 Å². The highest BCUT2D eigenvalue weighted by Crippen LogP contribution is 2.38. The topological polar surface area (TPSA) is 87.3 Å². The molecule has 6 rings (SSSR count). The van der Waals surface area contributed by atoms with Gasteiger partial charge in [0.05, 0.1) is 5.69 Å². The molecule has 8 heteroatoms. The highest BCUT2D eigenvalue weighted by atomic mass is 79.9. The van der Waals surface area contributed by atoms with Crippen molar-refractivity contribution in [3.63, 3.8) is 0 Å². The Bertz CT molecular complexity index is 2110. The summed E-state index contributed by atoms with van der Waals surface area (Å²) in [6, 6.07) is 46.8. The molecule has 6 nitrogen and oxygen atoms in total. The maximum Gasteiger partial charge on any atom is 0.272 e. The number of halogens is 1. The van der Waals surface area contributed by atoms with E-state index in [9.17, 15) is 14.4 Å². The monoisotopic (exact) mass is 711 g/mol. The van der Waals surface area contributed by atoms with Crippen molar-refractivity contribution in [2.75, 3.05) is 10.6 Å². The number of hydrogen-bond acceptors (Lipinski definition) is 4. The summed E-state index contributed by atoms with van der Waals surface area (Å²) in [4.78, 5) is 41.5. The smallest absolute Gasteiger partial charge is 0.272 e. The first-order chi connectivity index (χ1) is 23.4. The van der Waals surface area contributed by atoms with E-state index < -0.39 is 17.1 Å². The predicted octanol–water partition coefficient (Wildman–Crippen LogP) is 9.48. The van der Waals surface area contributed by atoms with Gasteiger partial charge < -0.3 is 16.0 Å². The maximum atomic E-state index is 13.8. The van der Waals surface area contributed by atoms with Crippen molar-refractivity contribution < 1.29 is 14.4 Å². The normalized spacial score (nSPS) is 11.8. The van der Waals surface area contributed by atoms with E-state index in [4.69, 9.17) is 0 Å². The largest absolute Gasteiger partial charge is 0.324 e. The Hall–Kier alpha value is -5.44. The number of anilines is 2. The van der Waals surface area contributed by atoms with Crippen LogP contribution in [0.25, 0.3) is 16.8 Å². The average molecular weight is 713 g/mol. The highest BCUT2D eigenvalue weighted by Gasteiger charge is 2.23. The molecule has 48 heavy (non-hydrogen) atoms. The van der Waals surface area contributed by atoms with Gasteiger partial charge in [0, 0.05) is 20.6 Å². The Balaban J connectivity index is 1.27. The molecule has 1 atom stereocenters. The summed E-state index contributed by atoms with van der Waals surface area (Å²) < 4.78 is 0.784. The molecule has 0 spiro atoms. The van der Waals surface area contributed by atoms with Gasteiger partial charge in [-0.25, -0.2) is 0 Å². The lowest BCUT2D eigenvalue weighted by Crippen LogP contribution is -2.30. The molecule has 0 aromatic heterocycles. The third kappa shape index (κ3) is 8.09. The number of nitrogens with one attached hydrogen (secondary N) is 3. The second kappa shape index (κ2) is 15.4. The van der Waals surface area contributed by atoms with E-state index >= 15 is 0 Å². The van der Waals surface area contributed by atoms with Crippen LogP contribution in [0.5, 0.6) is 0 Å². The molecule has 6 aromatic rings. The van der Waals surface area contributed by atoms with Crippen LogP contribution in [0.3, 0.4) is 0 Å². The van der Waals surface area contributed by atoms with Crippen LogP contribution in [0.1, 0.15) is 26.7 Å². The van der Waals surface area contributed by atoms with Crippen LogP contribution in [-0.4, -0.2) is 17.7 Å². The number of amides is 3. The van der Waals surface area contributed by atoms with Crippen LogP contribution >= 0.6 is 27.7 Å². The SMILES string of the molecule is O=C(Nc1cccc(SC(C(=O)Nc2ccccc2Br)c2ccccc2)c1)/C(=C\c1cccc2ccccc12)NC(=O)c1ccccc1. The van der Waals surface area contributed by atoms with Crippen LogP contribution < -0.4 is 16.0 Å². The zero-order chi connectivity index (χ0) is 33.3. The highest BCUT2D eigenvalue weighted by molar-refractivity contribution is 9.10. The van der Waals surface area contributed by atoms with Gasteiger partial charge in [0.2, 0.25) is 5.91 Å². The van der Waals surface area contributed by atoms with Crippen LogP contribution in [0.15, 0.2) is 167 Å². The van der Waals surface area contributed by atoms with Gasteiger partial charge in [-0.1, -0.05) is 109 Å². The fraction of sp³-hybridized carbons (Fsp3) is 0.0250. The fourth-order valence-electron chi connectivity index (χ4n) is 5.12. The molecule has 0 aliphatic heterocycles. The molecule has 0 radical (unpaired) electrons. The van der Waals surface area contributed by atoms with E-state index in [1.807, 2.05) is 121 Å². The molecular formula is C40H30BrN3O3S. The van der Waals surface area contributed by atoms with E-state index in [1.165, 1.54) is 11.8 Å². The van der Waals surface area contributed by atoms with Gasteiger partial charge in [0.25, 0.3) is 11.8 Å². The minimum Gasteiger partial charge on any atom is -0.324 e. The predicted molar refractivity (Wildman–Crippen MR) is 199 cm³/mol. The van der Waals surface area contributed by atoms with E-state index in [0.29, 0.717) is 16.9 Å². The van der Waals surface area contributed by atoms with Crippen LogP contribution in [0.2, 0.25) is 0 Å². The summed E-state index contributed by atoms with van der Waals surface area (Å²) >= 11 is 4.88. The first-order valence-corrected chi connectivity index (χ1v) is 16.9. The summed E-state index contributed by atoms with van der Waals surface area (Å²) in [5, 5.41) is 10.2. The van der Waals surface area contributed by atoms with Gasteiger partial charge >= 0.3 is 0 Å². The van der Waals surface area contributed by atoms with Gasteiger partial charge in [0.1, 0.15) is 10.9 Å². The Kier molecular flexibility index (Phi) is 10.4. The summed E-state index contributed by atoms with van der Waals surface area (Å²) in [5.74, 6) is -1.07. The Morgan fingerprint density at radius 2 is 1.33 bits per heavy atom. The van der Waals surface area contributed by atoms with E-state index in [2.05, 4.69) is 31.9 Å². The quantitative estimate of drug-likeness (QED) is 0.0976. The molecule has 236 valence electrons. The average Bonchev–Trinajstić information content (AvgIpc) is 3.12. The number of thioether (sulfide) groups is 1. The number of rotatable bonds is 10. The molecule has 0 fully saturated rings. The molecule has 0 aliphatic rings. The van der Waals surface area contributed by atoms with Gasteiger partial charge in [-0.2, -0.15) is 0 Å². The van der Waals surface area contributed by atoms with E-state index in [1.54, 1.807) is 36.4 Å². The summed E-state index contributed by atoms with van der Waals surface area (Å²) in [6.45, 7) is 0. The number of carbonyl (C=O) groups excluding carboxylic acids is 3. The molecular weight excluding hydrogens is 682 g/mol. The molecule has 0 aliphatic carbocycles. The van der Waals surface area contributed by atoms with E-state index in [-0.39, 0.29) is 11.6 Å². The van der Waals surface area contributed by atoms with Crippen molar-refractivity contribution in [1.29, 1.82) is 0 Å². The Morgan fingerprint density at radius 3 is 2.12 bits per heavy atom. The fourth-order valence-corrected chi connectivity index (χ4v) is 6.58. The molecule has 3 N–H and O–H groups in total. The van der Waals surface area contributed by atoms with Crippen molar-refractivity contribution in [3.05, 3.63) is 179 Å². The zero-order valence-electron chi connectivity index (χ0n) is 25.6. The second-order valence-corrected chi connectivity index (χ2v) is 12.8. The molecule has 0 saturated carbocycles. The zero-order valence-corrected chi connectivity index (χ0v) is 28.0. The number of para-hydroxylation sites is 1. The van der Waals surface area contributed by atoms with Crippen LogP contribution in [-0.2, 0) is 9.59 Å². The summed E-state index contributed by atoms with van der Waals surface area (Å²) in [7, 11) is 0. The second-order valence-electron chi connectivity index (χ2n) is 10.8. The molecule has 0 heterocycles. The number of carbonyl (C=O) groups is 3. The lowest BCUT2D eigenvalue weighted by molar-refractivity contribution is -0.116. The lowest BCUT2D eigenvalue weighted by Gasteiger charge is -2.18. The van der Waals surface area contributed by atoms with E-state index in [0.717, 1.165) is 31.3 Å². The molecule has 0 bridgehead atoms. The number of hydrogen-bond donors (Lipinski definition) is 3. The minimum absolute atomic E-state index is 0.0910. The third-order valence-electron chi connectivity index (χ3n) is 7.47. The van der Waals surface area contributed by atoms with Gasteiger partial charge in [0.15, 0.2) is 0 Å². The standard InChI is InChI=1S/C40H30BrN3O3S/c41-34-23-9-10-24-35(34)43-40(47)37(28-14-3-1-4-15-28)48-32-21-12-20-31(26-32)42-39(46)36(44-38(45)29-16-5-2-6-17-29)25-30-19-11-18-27-13-7-8-22-33(27)30/h1-26,37H,(H,42,46)(H,43,47)(H,44,45)/b36-25+. The Morgan fingerprint density at radius 1 is 0.667 bits per heavy atom. The number of benzene rings is 6. The van der Waals surface area contributed by atoms with Crippen LogP contribution in [0, 0.1) is 0 Å². The van der Waals surface area contributed by atoms with Crippen molar-refractivity contribution in [1.82, 2.24) is 5.32 Å². The minimum atomic E-state index is -0.573. The van der Waals surface area contributed by atoms with Crippen molar-refractivity contribution >= 4 is 73.6 Å². The van der Waals surface area contributed by atoms with Crippen molar-refractivity contribution in [2.24, 2.45) is 0 Å². The third-order valence-corrected chi connectivity index (χ3v) is 9.41. The van der Waals surface area contributed by atoms with Crippen molar-refractivity contribution in [2.45, 2.75) is 10.1 Å².